The van der Waals surface area contributed by atoms with Gasteiger partial charge in [0.05, 0.1) is 0 Å². The highest BCUT2D eigenvalue weighted by atomic mass is 35.5. The van der Waals surface area contributed by atoms with Crippen LogP contribution in [0.3, 0.4) is 0 Å². The molecular weight excluding hydrogens is 368 g/mol. The summed E-state index contributed by atoms with van der Waals surface area (Å²) < 4.78 is 4.16. The summed E-state index contributed by atoms with van der Waals surface area (Å²) in [6.07, 6.45) is 11.3. The van der Waals surface area contributed by atoms with Crippen molar-refractivity contribution in [2.45, 2.75) is 65.0 Å². The number of fused-ring (bicyclic) bond motifs is 1. The Morgan fingerprint density at radius 1 is 1.07 bits per heavy atom. The maximum atomic E-state index is 12.6. The fraction of sp³-hybridized carbons (Fsp3) is 0.458. The van der Waals surface area contributed by atoms with E-state index in [-0.39, 0.29) is 5.56 Å². The van der Waals surface area contributed by atoms with Crippen LogP contribution in [0.25, 0.3) is 22.0 Å². The van der Waals surface area contributed by atoms with Crippen LogP contribution in [0.4, 0.5) is 0 Å². The molecule has 1 aromatic carbocycles. The van der Waals surface area contributed by atoms with Crippen LogP contribution in [0.15, 0.2) is 47.5 Å². The van der Waals surface area contributed by atoms with Gasteiger partial charge in [0.25, 0.3) is 5.56 Å². The van der Waals surface area contributed by atoms with E-state index in [0.717, 1.165) is 36.4 Å². The lowest BCUT2D eigenvalue weighted by Gasteiger charge is -2.28. The molecule has 3 aromatic rings. The lowest BCUT2D eigenvalue weighted by Crippen LogP contribution is -2.20. The topological polar surface area (TPSA) is 26.9 Å². The number of benzene rings is 1. The van der Waals surface area contributed by atoms with Crippen LogP contribution >= 0.6 is 11.6 Å². The Kier molecular flexibility index (Phi) is 5.63. The van der Waals surface area contributed by atoms with Crippen LogP contribution in [-0.2, 0) is 6.54 Å². The number of unbranched alkanes of at least 4 members (excludes halogenated alkanes) is 1. The van der Waals surface area contributed by atoms with E-state index in [1.807, 2.05) is 12.3 Å². The van der Waals surface area contributed by atoms with Crippen molar-refractivity contribution in [2.75, 3.05) is 0 Å². The van der Waals surface area contributed by atoms with E-state index in [9.17, 15) is 4.79 Å². The van der Waals surface area contributed by atoms with Crippen LogP contribution in [0.5, 0.6) is 0 Å². The van der Waals surface area contributed by atoms with Crippen molar-refractivity contribution in [3.05, 3.63) is 58.1 Å². The molecule has 2 heterocycles. The summed E-state index contributed by atoms with van der Waals surface area (Å²) >= 11 is 6.47. The van der Waals surface area contributed by atoms with Gasteiger partial charge in [-0.1, -0.05) is 37.9 Å². The second-order valence-electron chi connectivity index (χ2n) is 8.31. The van der Waals surface area contributed by atoms with Gasteiger partial charge in [0.15, 0.2) is 0 Å². The number of aryl methyl sites for hydroxylation is 1. The van der Waals surface area contributed by atoms with Gasteiger partial charge in [0, 0.05) is 41.4 Å². The third-order valence-corrected chi connectivity index (χ3v) is 6.63. The molecule has 0 atom stereocenters. The van der Waals surface area contributed by atoms with E-state index in [1.54, 1.807) is 4.57 Å². The van der Waals surface area contributed by atoms with E-state index in [0.29, 0.717) is 11.1 Å². The lowest BCUT2D eigenvalue weighted by atomic mass is 9.87. The molecule has 0 bridgehead atoms. The van der Waals surface area contributed by atoms with Gasteiger partial charge in [-0.3, -0.25) is 4.79 Å². The highest BCUT2D eigenvalue weighted by molar-refractivity contribution is 6.33. The fourth-order valence-electron chi connectivity index (χ4n) is 4.44. The number of hydrogen-bond donors (Lipinski definition) is 0. The molecule has 0 spiro atoms. The third-order valence-electron chi connectivity index (χ3n) is 6.27. The zero-order valence-corrected chi connectivity index (χ0v) is 17.6. The number of nitrogens with zero attached hydrogens (tertiary/aromatic N) is 2. The van der Waals surface area contributed by atoms with E-state index in [1.165, 1.54) is 36.6 Å². The predicted octanol–water partition coefficient (Wildman–Crippen LogP) is 6.67. The third kappa shape index (κ3) is 3.65. The van der Waals surface area contributed by atoms with Gasteiger partial charge in [0.1, 0.15) is 5.02 Å². The zero-order chi connectivity index (χ0) is 19.7. The number of aromatic nitrogens is 2. The molecule has 148 valence electrons. The minimum Gasteiger partial charge on any atom is -0.344 e. The molecule has 1 aliphatic carbocycles. The first-order valence-electron chi connectivity index (χ1n) is 10.6. The highest BCUT2D eigenvalue weighted by Gasteiger charge is 2.20. The van der Waals surface area contributed by atoms with Crippen molar-refractivity contribution < 1.29 is 0 Å². The van der Waals surface area contributed by atoms with Gasteiger partial charge in [0.2, 0.25) is 0 Å². The molecule has 3 nitrogen and oxygen atoms in total. The molecule has 4 heteroatoms. The van der Waals surface area contributed by atoms with Crippen molar-refractivity contribution in [1.82, 2.24) is 9.13 Å². The Labute approximate surface area is 171 Å². The van der Waals surface area contributed by atoms with Crippen LogP contribution in [0.2, 0.25) is 5.02 Å². The maximum Gasteiger partial charge on any atom is 0.269 e. The van der Waals surface area contributed by atoms with Crippen molar-refractivity contribution in [3.8, 4) is 11.1 Å². The molecule has 0 aliphatic heterocycles. The molecule has 28 heavy (non-hydrogen) atoms. The normalized spacial score (nSPS) is 20.0. The summed E-state index contributed by atoms with van der Waals surface area (Å²) in [5.74, 6) is 0.853. The second kappa shape index (κ2) is 8.16. The Morgan fingerprint density at radius 3 is 2.61 bits per heavy atom. The molecule has 2 aromatic heterocycles. The first-order chi connectivity index (χ1) is 13.6. The number of rotatable bonds is 5. The molecule has 1 saturated carbocycles. The minimum atomic E-state index is -0.0957. The first-order valence-corrected chi connectivity index (χ1v) is 11.0. The average Bonchev–Trinajstić information content (AvgIpc) is 3.13. The van der Waals surface area contributed by atoms with E-state index in [2.05, 4.69) is 48.9 Å². The predicted molar refractivity (Wildman–Crippen MR) is 118 cm³/mol. The smallest absolute Gasteiger partial charge is 0.269 e. The molecule has 4 rings (SSSR count). The molecule has 0 saturated heterocycles. The quantitative estimate of drug-likeness (QED) is 0.472. The van der Waals surface area contributed by atoms with Crippen LogP contribution in [0, 0.1) is 5.92 Å². The first kappa shape index (κ1) is 19.3. The molecular formula is C24H29ClN2O. The lowest BCUT2D eigenvalue weighted by molar-refractivity contribution is 0.294. The summed E-state index contributed by atoms with van der Waals surface area (Å²) in [6, 6.07) is 11.2. The van der Waals surface area contributed by atoms with E-state index < -0.39 is 0 Å². The van der Waals surface area contributed by atoms with Gasteiger partial charge in [-0.05, 0) is 67.9 Å². The number of halogens is 1. The summed E-state index contributed by atoms with van der Waals surface area (Å²) in [7, 11) is 0. The molecule has 0 radical (unpaired) electrons. The van der Waals surface area contributed by atoms with Gasteiger partial charge in [-0.25, -0.2) is 0 Å². The van der Waals surface area contributed by atoms with Crippen molar-refractivity contribution in [1.29, 1.82) is 0 Å². The largest absolute Gasteiger partial charge is 0.344 e. The molecule has 1 fully saturated rings. The summed E-state index contributed by atoms with van der Waals surface area (Å²) in [6.45, 7) is 5.20. The van der Waals surface area contributed by atoms with Gasteiger partial charge < -0.3 is 9.13 Å². The zero-order valence-electron chi connectivity index (χ0n) is 16.8. The van der Waals surface area contributed by atoms with E-state index in [4.69, 9.17) is 11.6 Å². The molecule has 0 unspecified atom stereocenters. The van der Waals surface area contributed by atoms with E-state index >= 15 is 0 Å². The Morgan fingerprint density at radius 2 is 1.86 bits per heavy atom. The Hall–Kier alpha value is -2.00. The maximum absolute atomic E-state index is 12.6. The monoisotopic (exact) mass is 396 g/mol. The van der Waals surface area contributed by atoms with Crippen molar-refractivity contribution in [3.63, 3.8) is 0 Å². The number of pyridine rings is 1. The highest BCUT2D eigenvalue weighted by Crippen LogP contribution is 2.35. The van der Waals surface area contributed by atoms with Crippen LogP contribution < -0.4 is 5.56 Å². The van der Waals surface area contributed by atoms with Gasteiger partial charge in [-0.15, -0.1) is 0 Å². The summed E-state index contributed by atoms with van der Waals surface area (Å²) in [5.41, 5.74) is 3.00. The molecule has 0 amide bonds. The summed E-state index contributed by atoms with van der Waals surface area (Å²) in [4.78, 5) is 12.6. The molecule has 0 N–H and O–H groups in total. The van der Waals surface area contributed by atoms with Crippen LogP contribution in [0.1, 0.15) is 58.4 Å². The average molecular weight is 397 g/mol. The van der Waals surface area contributed by atoms with Crippen LogP contribution in [-0.4, -0.2) is 9.13 Å². The SMILES string of the molecule is CCCCn1ccc(-c2ccc3c(ccn3C3CCC(C)CC3)c2)c(Cl)c1=O. The number of hydrogen-bond acceptors (Lipinski definition) is 1. The van der Waals surface area contributed by atoms with Crippen molar-refractivity contribution >= 4 is 22.5 Å². The van der Waals surface area contributed by atoms with Gasteiger partial charge >= 0.3 is 0 Å². The molecule has 1 aliphatic rings. The van der Waals surface area contributed by atoms with Gasteiger partial charge in [-0.2, -0.15) is 0 Å². The summed E-state index contributed by atoms with van der Waals surface area (Å²) in [5, 5.41) is 1.53. The Bertz CT molecular complexity index is 1020. The Balaban J connectivity index is 1.66. The second-order valence-corrected chi connectivity index (χ2v) is 8.68. The van der Waals surface area contributed by atoms with Crippen molar-refractivity contribution in [2.24, 2.45) is 5.92 Å². The fourth-order valence-corrected chi connectivity index (χ4v) is 4.73. The standard InChI is InChI=1S/C24H29ClN2O/c1-3-4-13-26-14-12-21(23(25)24(26)28)18-7-10-22-19(16-18)11-15-27(22)20-8-5-17(2)6-9-20/h7,10-12,14-17,20H,3-6,8-9,13H2,1-2H3. The minimum absolute atomic E-state index is 0.0957.